The first kappa shape index (κ1) is 102. The van der Waals surface area contributed by atoms with Gasteiger partial charge < -0.3 is 130 Å². The Bertz CT molecular complexity index is 1760. The van der Waals surface area contributed by atoms with Gasteiger partial charge in [-0.15, -0.1) is 0 Å². The standard InChI is InChI=1S/C74H143NO30/c1-2-24-83-26-28-85-30-32-87-34-36-89-38-40-91-42-44-93-46-48-95-50-52-97-54-56-99-58-60-101-62-64-103-66-68-105-69-67-104-65-63-102-61-59-100-57-55-98-53-51-96-49-47-94-45-43-92-41-39-90-37-35-88-33-31-86-29-27-84-25-23-75-70(76)19-15-11-7-3-5-9-13-17-21-74(72(79)80,73(81)82)22-18-14-10-6-4-8-12-16-20-71(77)78/h2-69H2,1H3,(H,75,76)(H,77,78)(H,79,80)(H,81,82). The van der Waals surface area contributed by atoms with Gasteiger partial charge in [0.2, 0.25) is 5.91 Å². The van der Waals surface area contributed by atoms with Crippen molar-refractivity contribution in [1.82, 2.24) is 5.32 Å². The molecule has 0 unspecified atom stereocenters. The van der Waals surface area contributed by atoms with Crippen LogP contribution in [-0.4, -0.2) is 350 Å². The number of unbranched alkanes of at least 4 members (excludes halogenated alkanes) is 14. The highest BCUT2D eigenvalue weighted by Gasteiger charge is 2.45. The molecule has 105 heavy (non-hydrogen) atoms. The normalized spacial score (nSPS) is 11.8. The van der Waals surface area contributed by atoms with Gasteiger partial charge in [-0.3, -0.25) is 19.2 Å². The molecule has 624 valence electrons. The van der Waals surface area contributed by atoms with Crippen molar-refractivity contribution in [1.29, 1.82) is 0 Å². The number of amides is 1. The molecule has 1 amide bonds. The fourth-order valence-corrected chi connectivity index (χ4v) is 9.62. The van der Waals surface area contributed by atoms with Crippen LogP contribution in [0.3, 0.4) is 0 Å². The van der Waals surface area contributed by atoms with E-state index in [0.717, 1.165) is 96.5 Å². The Morgan fingerprint density at radius 1 is 0.219 bits per heavy atom. The molecule has 0 aromatic carbocycles. The lowest BCUT2D eigenvalue weighted by Gasteiger charge is -2.25. The van der Waals surface area contributed by atoms with Crippen LogP contribution in [0, 0.1) is 5.41 Å². The van der Waals surface area contributed by atoms with Gasteiger partial charge in [0, 0.05) is 26.0 Å². The number of nitrogens with one attached hydrogen (secondary N) is 1. The summed E-state index contributed by atoms with van der Waals surface area (Å²) in [6.07, 6.45) is 15.8. The molecule has 0 spiro atoms. The zero-order chi connectivity index (χ0) is 75.9. The third-order valence-corrected chi connectivity index (χ3v) is 15.4. The van der Waals surface area contributed by atoms with Gasteiger partial charge in [0.1, 0.15) is 0 Å². The number of aliphatic carboxylic acids is 3. The summed E-state index contributed by atoms with van der Waals surface area (Å²) >= 11 is 0. The maximum atomic E-state index is 12.2. The van der Waals surface area contributed by atoms with Crippen LogP contribution in [0.5, 0.6) is 0 Å². The molecule has 0 aliphatic heterocycles. The van der Waals surface area contributed by atoms with Crippen LogP contribution in [-0.2, 0) is 128 Å². The first-order valence-corrected chi connectivity index (χ1v) is 39.0. The first-order valence-electron chi connectivity index (χ1n) is 39.0. The van der Waals surface area contributed by atoms with Crippen molar-refractivity contribution in [3.05, 3.63) is 0 Å². The Balaban J connectivity index is 3.25. The van der Waals surface area contributed by atoms with Crippen LogP contribution in [0.2, 0.25) is 0 Å². The topological polar surface area (TPSA) is 353 Å². The van der Waals surface area contributed by atoms with E-state index in [1.165, 1.54) is 0 Å². The number of hydrogen-bond acceptors (Lipinski definition) is 27. The van der Waals surface area contributed by atoms with Gasteiger partial charge in [0.25, 0.3) is 0 Å². The van der Waals surface area contributed by atoms with E-state index >= 15 is 0 Å². The number of ether oxygens (including phenoxy) is 23. The monoisotopic (exact) mass is 1530 g/mol. The number of carboxylic acid groups (broad SMARTS) is 3. The largest absolute Gasteiger partial charge is 0.481 e. The molecule has 31 heteroatoms. The Morgan fingerprint density at radius 3 is 0.562 bits per heavy atom. The van der Waals surface area contributed by atoms with Crippen LogP contribution in [0.25, 0.3) is 0 Å². The van der Waals surface area contributed by atoms with Crippen molar-refractivity contribution in [2.24, 2.45) is 5.41 Å². The fraction of sp³-hybridized carbons (Fsp3) is 0.946. The molecule has 0 rings (SSSR count). The average molecular weight is 1530 g/mol. The van der Waals surface area contributed by atoms with E-state index in [2.05, 4.69) is 12.2 Å². The van der Waals surface area contributed by atoms with E-state index in [-0.39, 0.29) is 25.2 Å². The summed E-state index contributed by atoms with van der Waals surface area (Å²) in [5.74, 6) is -3.27. The third-order valence-electron chi connectivity index (χ3n) is 15.4. The van der Waals surface area contributed by atoms with E-state index in [9.17, 15) is 29.4 Å². The van der Waals surface area contributed by atoms with Crippen molar-refractivity contribution >= 4 is 23.8 Å². The van der Waals surface area contributed by atoms with Gasteiger partial charge >= 0.3 is 17.9 Å². The smallest absolute Gasteiger partial charge is 0.321 e. The highest BCUT2D eigenvalue weighted by Crippen LogP contribution is 2.33. The Labute approximate surface area is 628 Å². The zero-order valence-corrected chi connectivity index (χ0v) is 64.4. The second kappa shape index (κ2) is 88.2. The number of rotatable bonds is 95. The van der Waals surface area contributed by atoms with Crippen LogP contribution in [0.15, 0.2) is 0 Å². The van der Waals surface area contributed by atoms with Crippen LogP contribution in [0.4, 0.5) is 0 Å². The summed E-state index contributed by atoms with van der Waals surface area (Å²) in [5.41, 5.74) is -1.73. The van der Waals surface area contributed by atoms with Crippen LogP contribution >= 0.6 is 0 Å². The van der Waals surface area contributed by atoms with Crippen LogP contribution < -0.4 is 5.32 Å². The predicted molar refractivity (Wildman–Crippen MR) is 390 cm³/mol. The lowest BCUT2D eigenvalue weighted by Crippen LogP contribution is -2.39. The quantitative estimate of drug-likeness (QED) is 0.0354. The van der Waals surface area contributed by atoms with E-state index in [4.69, 9.17) is 114 Å². The lowest BCUT2D eigenvalue weighted by atomic mass is 9.78. The summed E-state index contributed by atoms with van der Waals surface area (Å²) in [4.78, 5) is 47.0. The third kappa shape index (κ3) is 81.8. The van der Waals surface area contributed by atoms with E-state index < -0.39 is 23.3 Å². The Morgan fingerprint density at radius 2 is 0.381 bits per heavy atom. The Hall–Kier alpha value is -3.04. The molecule has 0 aromatic rings. The van der Waals surface area contributed by atoms with Gasteiger partial charge in [0.15, 0.2) is 5.41 Å². The fourth-order valence-electron chi connectivity index (χ4n) is 9.62. The molecule has 0 saturated heterocycles. The first-order chi connectivity index (χ1) is 51.8. The number of carboxylic acids is 3. The van der Waals surface area contributed by atoms with Crippen molar-refractivity contribution in [2.45, 2.75) is 142 Å². The summed E-state index contributed by atoms with van der Waals surface area (Å²) in [6, 6.07) is 0. The van der Waals surface area contributed by atoms with Gasteiger partial charge in [0.05, 0.1) is 297 Å². The lowest BCUT2D eigenvalue weighted by molar-refractivity contribution is -0.166. The zero-order valence-electron chi connectivity index (χ0n) is 64.4. The molecule has 0 radical (unpaired) electrons. The number of carbonyl (C=O) groups is 4. The molecule has 0 saturated carbocycles. The van der Waals surface area contributed by atoms with Gasteiger partial charge in [-0.2, -0.15) is 0 Å². The predicted octanol–water partition coefficient (Wildman–Crippen LogP) is 6.94. The maximum Gasteiger partial charge on any atom is 0.321 e. The van der Waals surface area contributed by atoms with E-state index in [0.29, 0.717) is 330 Å². The molecule has 0 aliphatic carbocycles. The summed E-state index contributed by atoms with van der Waals surface area (Å²) < 4.78 is 127. The molecule has 0 heterocycles. The minimum absolute atomic E-state index is 0.00322. The summed E-state index contributed by atoms with van der Waals surface area (Å²) in [6.45, 7) is 25.0. The van der Waals surface area contributed by atoms with Crippen molar-refractivity contribution in [3.63, 3.8) is 0 Å². The molecule has 0 fully saturated rings. The minimum Gasteiger partial charge on any atom is -0.481 e. The molecule has 0 aliphatic rings. The molecule has 0 atom stereocenters. The van der Waals surface area contributed by atoms with Gasteiger partial charge in [-0.25, -0.2) is 0 Å². The molecule has 31 nitrogen and oxygen atoms in total. The second-order valence-electron chi connectivity index (χ2n) is 24.2. The molecular weight excluding hydrogens is 1380 g/mol. The van der Waals surface area contributed by atoms with E-state index in [1.807, 2.05) is 0 Å². The SMILES string of the molecule is CCCOCCOCCOCCOCCOCCOCCOCCOCCOCCOCCOCCOCCOCCOCCOCCOCCOCCOCCOCCOCCOCCOCCOCCNC(=O)CCCCCCCCCCC(CCCCCCCCCCC(=O)O)(C(=O)O)C(=O)O. The van der Waals surface area contributed by atoms with Crippen LogP contribution in [0.1, 0.15) is 142 Å². The van der Waals surface area contributed by atoms with Crippen molar-refractivity contribution < 1.29 is 143 Å². The maximum absolute atomic E-state index is 12.2. The highest BCUT2D eigenvalue weighted by atomic mass is 16.6. The number of carbonyl (C=O) groups excluding carboxylic acids is 1. The molecule has 0 aromatic heterocycles. The van der Waals surface area contributed by atoms with Crippen molar-refractivity contribution in [2.75, 3.05) is 310 Å². The average Bonchev–Trinajstić information content (AvgIpc) is 0.829. The highest BCUT2D eigenvalue weighted by molar-refractivity contribution is 5.98. The molecule has 4 N–H and O–H groups in total. The number of hydrogen-bond donors (Lipinski definition) is 4. The minimum atomic E-state index is -1.73. The summed E-state index contributed by atoms with van der Waals surface area (Å²) in [7, 11) is 0. The van der Waals surface area contributed by atoms with Gasteiger partial charge in [-0.1, -0.05) is 96.8 Å². The van der Waals surface area contributed by atoms with E-state index in [1.54, 1.807) is 0 Å². The second-order valence-corrected chi connectivity index (χ2v) is 24.2. The van der Waals surface area contributed by atoms with Gasteiger partial charge in [-0.05, 0) is 32.1 Å². The summed E-state index contributed by atoms with van der Waals surface area (Å²) in [5, 5.41) is 31.4. The molecular formula is C74H143NO30. The molecule has 0 bridgehead atoms. The Kier molecular flexibility index (Phi) is 85.6. The van der Waals surface area contributed by atoms with Crippen molar-refractivity contribution in [3.8, 4) is 0 Å².